The van der Waals surface area contributed by atoms with E-state index in [1.807, 2.05) is 30.3 Å². The van der Waals surface area contributed by atoms with Crippen LogP contribution < -0.4 is 60.2 Å². The summed E-state index contributed by atoms with van der Waals surface area (Å²) in [5.74, 6) is -6.77. The van der Waals surface area contributed by atoms with E-state index in [0.717, 1.165) is 38.1 Å². The van der Waals surface area contributed by atoms with Gasteiger partial charge in [0.15, 0.2) is 5.96 Å². The first-order valence-electron chi connectivity index (χ1n) is 27.6. The molecule has 19 N–H and O–H groups in total. The standard InChI is InChI=1S/C49H66N10O10S2.C9H9Cl2N3O/c1-28(61)39(25-60)56-48(68)41-27-71-70-26-40(57-43(63)34(51)21-30-13-5-3-6-14-30)47(67)54-37(22-31-15-7-4-8-16-31)45(65)55-38(23-32-24-52-35-18-10-9-17-33(32)35)46(66)53-36(19-11-12-20-50)44(64)59-42(29(2)62)49(69)58-41;10-6-2-1-3-7(11)5(6)4-8(15)14-9(12)13/h3-10,13-18,24,28-29,34,36-42,52,60-62H,11-12,19-23,25-27,50-51H2,1-2H3,(H,53,66)(H,54,67)(H,55,65)(H,56,68)(H,57,63)(H,58,69)(H,59,64);1-3H,4H2,(H4,12,13,14,15)/t28-,29?,34-,36+,37+,38-,39-,40+,41+,42+;/m1./s1. The fourth-order valence-corrected chi connectivity index (χ4v) is 11.6. The number of para-hydroxylation sites is 1. The van der Waals surface area contributed by atoms with Crippen molar-refractivity contribution in [1.29, 1.82) is 0 Å². The fraction of sp³-hybridized carbons (Fsp3) is 0.397. The predicted molar refractivity (Wildman–Crippen MR) is 333 cm³/mol. The molecule has 24 nitrogen and oxygen atoms in total. The molecule has 1 aliphatic heterocycles. The number of aromatic amines is 1. The SMILES string of the molecule is CC(O)[C@@H]1NC(=O)[C@H](CCCCN)NC(=O)[C@@H](Cc2c[nH]c3ccccc23)NC(=O)[C@H](Cc2ccccc2)NC(=O)[C@@H](NC(=O)[C@H](N)Cc2ccccc2)CSSC[C@@H](C(=O)N[C@H](CO)[C@@H](C)O)NC1=O.NC(N)=NC(=O)Cc1c(Cl)cccc1Cl. The number of carbonyl (C=O) groups is 8. The number of amides is 8. The maximum Gasteiger partial charge on any atom is 0.253 e. The van der Waals surface area contributed by atoms with Crippen LogP contribution in [0.1, 0.15) is 55.4 Å². The third-order valence-corrected chi connectivity index (χ3v) is 16.6. The highest BCUT2D eigenvalue weighted by molar-refractivity contribution is 8.76. The number of hydrogen-bond donors (Lipinski definition) is 15. The average Bonchev–Trinajstić information content (AvgIpc) is 3.27. The summed E-state index contributed by atoms with van der Waals surface area (Å²) in [7, 11) is 2.06. The molecule has 28 heteroatoms. The van der Waals surface area contributed by atoms with Crippen LogP contribution in [-0.2, 0) is 64.0 Å². The molecular formula is C58H75Cl2N13O11S2. The van der Waals surface area contributed by atoms with Crippen molar-refractivity contribution in [3.63, 3.8) is 0 Å². The van der Waals surface area contributed by atoms with E-state index in [9.17, 15) is 53.7 Å². The quantitative estimate of drug-likeness (QED) is 0.0232. The molecule has 0 aliphatic carbocycles. The minimum atomic E-state index is -1.66. The Labute approximate surface area is 515 Å². The number of aromatic nitrogens is 1. The van der Waals surface area contributed by atoms with Gasteiger partial charge in [0.1, 0.15) is 36.3 Å². The number of unbranched alkanes of at least 4 members (excludes halogenated alkanes) is 1. The van der Waals surface area contributed by atoms with Crippen LogP contribution in [0.15, 0.2) is 114 Å². The molecule has 1 saturated heterocycles. The molecule has 464 valence electrons. The molecule has 2 heterocycles. The summed E-state index contributed by atoms with van der Waals surface area (Å²) in [6.07, 6.45) is -0.174. The number of nitrogens with zero attached hydrogens (tertiary/aromatic N) is 1. The molecule has 1 aliphatic rings. The van der Waals surface area contributed by atoms with Crippen molar-refractivity contribution in [3.8, 4) is 0 Å². The van der Waals surface area contributed by atoms with Gasteiger partial charge in [-0.1, -0.05) is 130 Å². The molecule has 1 fully saturated rings. The number of halogens is 2. The average molecular weight is 1270 g/mol. The highest BCUT2D eigenvalue weighted by Crippen LogP contribution is 2.26. The number of benzene rings is 4. The van der Waals surface area contributed by atoms with Crippen molar-refractivity contribution < 1.29 is 53.7 Å². The number of nitrogens with one attached hydrogen (secondary N) is 8. The highest BCUT2D eigenvalue weighted by atomic mass is 35.5. The van der Waals surface area contributed by atoms with E-state index in [1.54, 1.807) is 79.0 Å². The summed E-state index contributed by atoms with van der Waals surface area (Å²) < 4.78 is 0. The van der Waals surface area contributed by atoms with Gasteiger partial charge in [0.05, 0.1) is 37.3 Å². The van der Waals surface area contributed by atoms with Crippen molar-refractivity contribution >= 4 is 109 Å². The van der Waals surface area contributed by atoms with E-state index in [2.05, 4.69) is 47.2 Å². The Hall–Kier alpha value is -7.27. The summed E-state index contributed by atoms with van der Waals surface area (Å²) in [6.45, 7) is 2.23. The van der Waals surface area contributed by atoms with Gasteiger partial charge in [-0.25, -0.2) is 0 Å². The first kappa shape index (κ1) is 69.5. The van der Waals surface area contributed by atoms with Crippen LogP contribution in [0.5, 0.6) is 0 Å². The smallest absolute Gasteiger partial charge is 0.253 e. The molecule has 6 rings (SSSR count). The second kappa shape index (κ2) is 35.4. The normalized spacial score (nSPS) is 20.5. The highest BCUT2D eigenvalue weighted by Gasteiger charge is 2.36. The van der Waals surface area contributed by atoms with Gasteiger partial charge in [-0.15, -0.1) is 0 Å². The lowest BCUT2D eigenvalue weighted by Crippen LogP contribution is -2.62. The Morgan fingerprint density at radius 2 is 1.29 bits per heavy atom. The maximum atomic E-state index is 14.7. The summed E-state index contributed by atoms with van der Waals surface area (Å²) >= 11 is 11.7. The Balaban J connectivity index is 0.000000782. The van der Waals surface area contributed by atoms with Crippen molar-refractivity contribution in [2.24, 2.45) is 27.9 Å². The molecule has 0 spiro atoms. The Morgan fingerprint density at radius 1 is 0.709 bits per heavy atom. The van der Waals surface area contributed by atoms with Crippen LogP contribution in [0.2, 0.25) is 10.0 Å². The molecule has 1 aromatic heterocycles. The third-order valence-electron chi connectivity index (χ3n) is 13.5. The number of H-pyrrole nitrogens is 1. The van der Waals surface area contributed by atoms with E-state index in [4.69, 9.17) is 46.1 Å². The van der Waals surface area contributed by atoms with Crippen molar-refractivity contribution in [1.82, 2.24) is 42.2 Å². The van der Waals surface area contributed by atoms with Crippen LogP contribution in [0.25, 0.3) is 10.9 Å². The van der Waals surface area contributed by atoms with E-state index in [1.165, 1.54) is 13.8 Å². The number of guanidine groups is 1. The lowest BCUT2D eigenvalue weighted by molar-refractivity contribution is -0.136. The largest absolute Gasteiger partial charge is 0.394 e. The zero-order valence-electron chi connectivity index (χ0n) is 47.4. The number of aliphatic hydroxyl groups excluding tert-OH is 3. The molecule has 8 amide bonds. The van der Waals surface area contributed by atoms with Crippen molar-refractivity contribution in [3.05, 3.63) is 142 Å². The monoisotopic (exact) mass is 1260 g/mol. The zero-order chi connectivity index (χ0) is 62.9. The summed E-state index contributed by atoms with van der Waals surface area (Å²) in [6, 6.07) is 19.6. The molecule has 10 atom stereocenters. The summed E-state index contributed by atoms with van der Waals surface area (Å²) in [5.41, 5.74) is 25.7. The topological polar surface area (TPSA) is 414 Å². The van der Waals surface area contributed by atoms with Crippen molar-refractivity contribution in [2.45, 2.75) is 119 Å². The second-order valence-corrected chi connectivity index (χ2v) is 23.6. The van der Waals surface area contributed by atoms with E-state index in [-0.39, 0.29) is 56.1 Å². The van der Waals surface area contributed by atoms with E-state index < -0.39 is 114 Å². The van der Waals surface area contributed by atoms with Gasteiger partial charge in [0.2, 0.25) is 41.4 Å². The minimum absolute atomic E-state index is 0.0175. The van der Waals surface area contributed by atoms with Crippen LogP contribution in [0.4, 0.5) is 0 Å². The summed E-state index contributed by atoms with van der Waals surface area (Å²) in [5, 5.41) is 51.3. The van der Waals surface area contributed by atoms with Crippen LogP contribution in [0, 0.1) is 0 Å². The van der Waals surface area contributed by atoms with Crippen LogP contribution in [0.3, 0.4) is 0 Å². The molecule has 0 bridgehead atoms. The number of fused-ring (bicyclic) bond motifs is 1. The fourth-order valence-electron chi connectivity index (χ4n) is 8.76. The summed E-state index contributed by atoms with van der Waals surface area (Å²) in [4.78, 5) is 117. The Kier molecular flexibility index (Phi) is 28.6. The second-order valence-electron chi connectivity index (χ2n) is 20.3. The lowest BCUT2D eigenvalue weighted by atomic mass is 10.0. The van der Waals surface area contributed by atoms with Gasteiger partial charge in [-0.3, -0.25) is 38.4 Å². The molecule has 1 unspecified atom stereocenters. The van der Waals surface area contributed by atoms with Crippen molar-refractivity contribution in [2.75, 3.05) is 24.7 Å². The lowest BCUT2D eigenvalue weighted by Gasteiger charge is -2.29. The van der Waals surface area contributed by atoms with Gasteiger partial charge >= 0.3 is 0 Å². The first-order valence-corrected chi connectivity index (χ1v) is 30.8. The minimum Gasteiger partial charge on any atom is -0.394 e. The van der Waals surface area contributed by atoms with Gasteiger partial charge in [0.25, 0.3) is 5.91 Å². The molecule has 4 aromatic carbocycles. The van der Waals surface area contributed by atoms with Gasteiger partial charge in [-0.05, 0) is 86.5 Å². The number of aliphatic hydroxyl groups is 3. The number of rotatable bonds is 19. The Morgan fingerprint density at radius 3 is 1.91 bits per heavy atom. The van der Waals surface area contributed by atoms with Gasteiger partial charge in [0, 0.05) is 51.5 Å². The predicted octanol–water partition coefficient (Wildman–Crippen LogP) is 0.531. The van der Waals surface area contributed by atoms with E-state index >= 15 is 0 Å². The van der Waals surface area contributed by atoms with Crippen LogP contribution in [-0.4, -0.2) is 159 Å². The number of carbonyl (C=O) groups excluding carboxylic acids is 8. The molecule has 86 heavy (non-hydrogen) atoms. The van der Waals surface area contributed by atoms with Gasteiger partial charge in [-0.2, -0.15) is 4.99 Å². The van der Waals surface area contributed by atoms with Crippen LogP contribution >= 0.6 is 44.8 Å². The third kappa shape index (κ3) is 22.2. The van der Waals surface area contributed by atoms with Gasteiger partial charge < -0.3 is 80.5 Å². The van der Waals surface area contributed by atoms with E-state index in [0.29, 0.717) is 39.6 Å². The maximum absolute atomic E-state index is 14.7. The first-order chi connectivity index (χ1) is 41.1. The Bertz CT molecular complexity index is 3090. The molecule has 5 aromatic rings. The molecular weight excluding hydrogens is 1190 g/mol. The number of aliphatic imine (C=N–C) groups is 1. The number of nitrogens with two attached hydrogens (primary N) is 4. The molecule has 0 radical (unpaired) electrons. The number of hydrogen-bond acceptors (Lipinski definition) is 15. The zero-order valence-corrected chi connectivity index (χ0v) is 50.5. The molecule has 0 saturated carbocycles.